The monoisotopic (exact) mass is 200 g/mol. The summed E-state index contributed by atoms with van der Waals surface area (Å²) < 4.78 is 1.98. The van der Waals surface area contributed by atoms with Crippen molar-refractivity contribution in [3.05, 3.63) is 42.4 Å². The van der Waals surface area contributed by atoms with Crippen LogP contribution in [0.2, 0.25) is 0 Å². The van der Waals surface area contributed by atoms with Gasteiger partial charge in [-0.3, -0.25) is 0 Å². The van der Waals surface area contributed by atoms with Crippen LogP contribution in [0.1, 0.15) is 25.3 Å². The van der Waals surface area contributed by atoms with Crippen molar-refractivity contribution in [2.75, 3.05) is 0 Å². The van der Waals surface area contributed by atoms with Crippen LogP contribution in [-0.2, 0) is 7.05 Å². The molecule has 0 radical (unpaired) electrons. The maximum Gasteiger partial charge on any atom is 0.0951 e. The molecule has 2 heteroatoms. The van der Waals surface area contributed by atoms with Crippen molar-refractivity contribution in [1.82, 2.24) is 9.55 Å². The van der Waals surface area contributed by atoms with E-state index in [4.69, 9.17) is 0 Å². The Balaban J connectivity index is 2.52. The van der Waals surface area contributed by atoms with Gasteiger partial charge in [-0.2, -0.15) is 0 Å². The fourth-order valence-electron chi connectivity index (χ4n) is 1.79. The van der Waals surface area contributed by atoms with Crippen LogP contribution in [0.15, 0.2) is 36.8 Å². The van der Waals surface area contributed by atoms with Crippen LogP contribution in [0.25, 0.3) is 11.3 Å². The minimum Gasteiger partial charge on any atom is -0.340 e. The number of hydrogen-bond donors (Lipinski definition) is 0. The Morgan fingerprint density at radius 1 is 1.20 bits per heavy atom. The predicted octanol–water partition coefficient (Wildman–Crippen LogP) is 3.21. The quantitative estimate of drug-likeness (QED) is 0.727. The summed E-state index contributed by atoms with van der Waals surface area (Å²) in [6.07, 6.45) is 3.90. The van der Waals surface area contributed by atoms with Gasteiger partial charge in [-0.05, 0) is 11.5 Å². The highest BCUT2D eigenvalue weighted by Crippen LogP contribution is 2.27. The van der Waals surface area contributed by atoms with E-state index in [1.54, 1.807) is 0 Å². The summed E-state index contributed by atoms with van der Waals surface area (Å²) in [6, 6.07) is 8.46. The maximum atomic E-state index is 4.39. The molecule has 0 aliphatic carbocycles. The molecular formula is C13H16N2. The predicted molar refractivity (Wildman–Crippen MR) is 62.7 cm³/mol. The molecule has 0 aliphatic heterocycles. The molecule has 0 atom stereocenters. The normalized spacial score (nSPS) is 10.9. The SMILES string of the molecule is CC(C)c1ccccc1-c1cn(C)cn1. The molecular weight excluding hydrogens is 184 g/mol. The van der Waals surface area contributed by atoms with E-state index in [0.717, 1.165) is 5.69 Å². The van der Waals surface area contributed by atoms with E-state index >= 15 is 0 Å². The van der Waals surface area contributed by atoms with E-state index in [1.807, 2.05) is 17.9 Å². The van der Waals surface area contributed by atoms with Gasteiger partial charge in [-0.15, -0.1) is 0 Å². The number of imidazole rings is 1. The Hall–Kier alpha value is -1.57. The van der Waals surface area contributed by atoms with Gasteiger partial charge in [0.1, 0.15) is 0 Å². The Bertz CT molecular complexity index is 455. The molecule has 15 heavy (non-hydrogen) atoms. The van der Waals surface area contributed by atoms with Gasteiger partial charge < -0.3 is 4.57 Å². The van der Waals surface area contributed by atoms with Gasteiger partial charge in [0.05, 0.1) is 12.0 Å². The van der Waals surface area contributed by atoms with E-state index in [1.165, 1.54) is 11.1 Å². The van der Waals surface area contributed by atoms with Crippen molar-refractivity contribution < 1.29 is 0 Å². The Morgan fingerprint density at radius 3 is 2.53 bits per heavy atom. The second-order valence-corrected chi connectivity index (χ2v) is 4.17. The van der Waals surface area contributed by atoms with Crippen LogP contribution in [0, 0.1) is 0 Å². The Kier molecular flexibility index (Phi) is 2.58. The number of aromatic nitrogens is 2. The molecule has 0 saturated carbocycles. The Labute approximate surface area is 90.6 Å². The largest absolute Gasteiger partial charge is 0.340 e. The van der Waals surface area contributed by atoms with Crippen LogP contribution in [0.3, 0.4) is 0 Å². The molecule has 1 aromatic heterocycles. The molecule has 1 heterocycles. The molecule has 0 amide bonds. The fraction of sp³-hybridized carbons (Fsp3) is 0.308. The first-order valence-corrected chi connectivity index (χ1v) is 5.25. The van der Waals surface area contributed by atoms with Crippen molar-refractivity contribution in [3.8, 4) is 11.3 Å². The van der Waals surface area contributed by atoms with Crippen molar-refractivity contribution >= 4 is 0 Å². The average molecular weight is 200 g/mol. The second-order valence-electron chi connectivity index (χ2n) is 4.17. The zero-order chi connectivity index (χ0) is 10.8. The number of rotatable bonds is 2. The minimum atomic E-state index is 0.531. The summed E-state index contributed by atoms with van der Waals surface area (Å²) in [5.74, 6) is 0.531. The van der Waals surface area contributed by atoms with E-state index < -0.39 is 0 Å². The molecule has 2 aromatic rings. The highest BCUT2D eigenvalue weighted by molar-refractivity contribution is 5.63. The van der Waals surface area contributed by atoms with Gasteiger partial charge in [-0.1, -0.05) is 38.1 Å². The van der Waals surface area contributed by atoms with Crippen molar-refractivity contribution in [2.45, 2.75) is 19.8 Å². The lowest BCUT2D eigenvalue weighted by molar-refractivity contribution is 0.868. The van der Waals surface area contributed by atoms with Crippen molar-refractivity contribution in [2.24, 2.45) is 7.05 Å². The molecule has 0 saturated heterocycles. The first kappa shape index (κ1) is 9.97. The third-order valence-electron chi connectivity index (χ3n) is 2.56. The van der Waals surface area contributed by atoms with Crippen LogP contribution in [-0.4, -0.2) is 9.55 Å². The zero-order valence-electron chi connectivity index (χ0n) is 9.44. The van der Waals surface area contributed by atoms with E-state index in [-0.39, 0.29) is 0 Å². The topological polar surface area (TPSA) is 17.8 Å². The number of benzene rings is 1. The lowest BCUT2D eigenvalue weighted by atomic mass is 9.96. The second kappa shape index (κ2) is 3.89. The van der Waals surface area contributed by atoms with Gasteiger partial charge >= 0.3 is 0 Å². The van der Waals surface area contributed by atoms with Gasteiger partial charge in [0.25, 0.3) is 0 Å². The average Bonchev–Trinajstić information content (AvgIpc) is 2.65. The number of hydrogen-bond acceptors (Lipinski definition) is 1. The lowest BCUT2D eigenvalue weighted by Gasteiger charge is -2.10. The minimum absolute atomic E-state index is 0.531. The number of nitrogens with zero attached hydrogens (tertiary/aromatic N) is 2. The van der Waals surface area contributed by atoms with Crippen LogP contribution < -0.4 is 0 Å². The van der Waals surface area contributed by atoms with Gasteiger partial charge in [0.15, 0.2) is 0 Å². The summed E-state index contributed by atoms with van der Waals surface area (Å²) in [6.45, 7) is 4.42. The van der Waals surface area contributed by atoms with Crippen molar-refractivity contribution in [1.29, 1.82) is 0 Å². The van der Waals surface area contributed by atoms with E-state index in [9.17, 15) is 0 Å². The summed E-state index contributed by atoms with van der Waals surface area (Å²) in [5.41, 5.74) is 3.66. The Morgan fingerprint density at radius 2 is 1.93 bits per heavy atom. The molecule has 2 rings (SSSR count). The lowest BCUT2D eigenvalue weighted by Crippen LogP contribution is -1.91. The maximum absolute atomic E-state index is 4.39. The molecule has 78 valence electrons. The number of aryl methyl sites for hydroxylation is 1. The molecule has 0 N–H and O–H groups in total. The summed E-state index contributed by atoms with van der Waals surface area (Å²) in [5, 5.41) is 0. The standard InChI is InChI=1S/C13H16N2/c1-10(2)11-6-4-5-7-12(11)13-8-15(3)9-14-13/h4-10H,1-3H3. The molecule has 0 unspecified atom stereocenters. The first-order chi connectivity index (χ1) is 7.18. The first-order valence-electron chi connectivity index (χ1n) is 5.25. The molecule has 1 aromatic carbocycles. The smallest absolute Gasteiger partial charge is 0.0951 e. The van der Waals surface area contributed by atoms with Crippen LogP contribution in [0.4, 0.5) is 0 Å². The third-order valence-corrected chi connectivity index (χ3v) is 2.56. The van der Waals surface area contributed by atoms with E-state index in [0.29, 0.717) is 5.92 Å². The zero-order valence-corrected chi connectivity index (χ0v) is 9.44. The highest BCUT2D eigenvalue weighted by Gasteiger charge is 2.09. The van der Waals surface area contributed by atoms with Gasteiger partial charge in [0, 0.05) is 18.8 Å². The molecule has 0 spiro atoms. The van der Waals surface area contributed by atoms with Gasteiger partial charge in [0.2, 0.25) is 0 Å². The van der Waals surface area contributed by atoms with Gasteiger partial charge in [-0.25, -0.2) is 4.98 Å². The highest BCUT2D eigenvalue weighted by atomic mass is 15.0. The summed E-state index contributed by atoms with van der Waals surface area (Å²) in [4.78, 5) is 4.39. The molecule has 0 fully saturated rings. The van der Waals surface area contributed by atoms with Crippen molar-refractivity contribution in [3.63, 3.8) is 0 Å². The fourth-order valence-corrected chi connectivity index (χ4v) is 1.79. The molecule has 0 bridgehead atoms. The van der Waals surface area contributed by atoms with Crippen LogP contribution >= 0.6 is 0 Å². The van der Waals surface area contributed by atoms with Crippen LogP contribution in [0.5, 0.6) is 0 Å². The summed E-state index contributed by atoms with van der Waals surface area (Å²) in [7, 11) is 1.99. The summed E-state index contributed by atoms with van der Waals surface area (Å²) >= 11 is 0. The third kappa shape index (κ3) is 1.94. The molecule has 2 nitrogen and oxygen atoms in total. The van der Waals surface area contributed by atoms with E-state index in [2.05, 4.69) is 49.3 Å². The molecule has 0 aliphatic rings.